The first-order valence-corrected chi connectivity index (χ1v) is 5.00. The van der Waals surface area contributed by atoms with Crippen LogP contribution in [0.3, 0.4) is 0 Å². The van der Waals surface area contributed by atoms with Crippen LogP contribution in [0.5, 0.6) is 0 Å². The van der Waals surface area contributed by atoms with Crippen molar-refractivity contribution >= 4 is 5.71 Å². The summed E-state index contributed by atoms with van der Waals surface area (Å²) in [6.07, 6.45) is 9.79. The Hall–Kier alpha value is -0.330. The molecule has 1 heteroatoms. The molecule has 1 nitrogen and oxygen atoms in total. The highest BCUT2D eigenvalue weighted by molar-refractivity contribution is 5.87. The first kappa shape index (κ1) is 7.33. The van der Waals surface area contributed by atoms with Gasteiger partial charge in [0.05, 0.1) is 0 Å². The summed E-state index contributed by atoms with van der Waals surface area (Å²) in [5.74, 6) is 0.898. The molecule has 2 aliphatic rings. The molecule has 0 saturated heterocycles. The second kappa shape index (κ2) is 3.38. The monoisotopic (exact) mass is 151 g/mol. The van der Waals surface area contributed by atoms with Crippen molar-refractivity contribution in [2.24, 2.45) is 10.9 Å². The molecular weight excluding hydrogens is 134 g/mol. The van der Waals surface area contributed by atoms with Gasteiger partial charge in [0.2, 0.25) is 0 Å². The number of aliphatic imine (C=N–C) groups is 1. The van der Waals surface area contributed by atoms with Gasteiger partial charge in [0, 0.05) is 12.3 Å². The number of hydrogen-bond acceptors (Lipinski definition) is 1. The van der Waals surface area contributed by atoms with Crippen LogP contribution in [0.25, 0.3) is 0 Å². The summed E-state index contributed by atoms with van der Waals surface area (Å²) in [6, 6.07) is 0. The highest BCUT2D eigenvalue weighted by atomic mass is 14.8. The van der Waals surface area contributed by atoms with E-state index in [0.29, 0.717) is 0 Å². The number of rotatable bonds is 1. The zero-order valence-corrected chi connectivity index (χ0v) is 7.18. The van der Waals surface area contributed by atoms with Gasteiger partial charge >= 0.3 is 0 Å². The summed E-state index contributed by atoms with van der Waals surface area (Å²) in [5.41, 5.74) is 1.56. The van der Waals surface area contributed by atoms with E-state index in [4.69, 9.17) is 0 Å². The third-order valence-corrected chi connectivity index (χ3v) is 2.98. The summed E-state index contributed by atoms with van der Waals surface area (Å²) in [5, 5.41) is 0. The van der Waals surface area contributed by atoms with E-state index >= 15 is 0 Å². The zero-order valence-electron chi connectivity index (χ0n) is 7.18. The van der Waals surface area contributed by atoms with Gasteiger partial charge in [-0.05, 0) is 38.0 Å². The highest BCUT2D eigenvalue weighted by Gasteiger charge is 2.21. The van der Waals surface area contributed by atoms with Crippen LogP contribution in [0.15, 0.2) is 4.99 Å². The fourth-order valence-electron chi connectivity index (χ4n) is 2.31. The summed E-state index contributed by atoms with van der Waals surface area (Å²) in [7, 11) is 0. The summed E-state index contributed by atoms with van der Waals surface area (Å²) >= 11 is 0. The van der Waals surface area contributed by atoms with E-state index in [2.05, 4.69) is 4.99 Å². The maximum atomic E-state index is 4.63. The molecule has 1 fully saturated rings. The molecule has 0 aromatic carbocycles. The molecule has 1 aliphatic carbocycles. The topological polar surface area (TPSA) is 12.4 Å². The van der Waals surface area contributed by atoms with Gasteiger partial charge in [0.15, 0.2) is 0 Å². The number of hydrogen-bond donors (Lipinski definition) is 0. The predicted octanol–water partition coefficient (Wildman–Crippen LogP) is 2.80. The molecule has 62 valence electrons. The van der Waals surface area contributed by atoms with Crippen molar-refractivity contribution < 1.29 is 0 Å². The van der Waals surface area contributed by atoms with Crippen LogP contribution in [0.2, 0.25) is 0 Å². The van der Waals surface area contributed by atoms with E-state index in [0.717, 1.165) is 12.5 Å². The average molecular weight is 151 g/mol. The average Bonchev–Trinajstić information content (AvgIpc) is 2.58. The Balaban J connectivity index is 1.96. The van der Waals surface area contributed by atoms with Crippen molar-refractivity contribution in [1.82, 2.24) is 0 Å². The van der Waals surface area contributed by atoms with Gasteiger partial charge < -0.3 is 0 Å². The van der Waals surface area contributed by atoms with Gasteiger partial charge in [-0.25, -0.2) is 0 Å². The van der Waals surface area contributed by atoms with Crippen LogP contribution in [0.1, 0.15) is 44.9 Å². The van der Waals surface area contributed by atoms with E-state index < -0.39 is 0 Å². The van der Waals surface area contributed by atoms with Gasteiger partial charge in [-0.3, -0.25) is 4.99 Å². The molecule has 0 amide bonds. The van der Waals surface area contributed by atoms with Gasteiger partial charge in [0.25, 0.3) is 0 Å². The van der Waals surface area contributed by atoms with Crippen molar-refractivity contribution in [3.05, 3.63) is 0 Å². The second-order valence-corrected chi connectivity index (χ2v) is 3.81. The molecule has 1 heterocycles. The largest absolute Gasteiger partial charge is 0.294 e. The Morgan fingerprint density at radius 3 is 2.45 bits per heavy atom. The van der Waals surface area contributed by atoms with E-state index in [9.17, 15) is 0 Å². The van der Waals surface area contributed by atoms with Crippen LogP contribution < -0.4 is 0 Å². The standard InChI is InChI=1S/C10H17N/c1-2-6-9(5-1)10-7-3-4-8-11-10/h9H,1-8H2. The lowest BCUT2D eigenvalue weighted by atomic mass is 9.95. The molecule has 0 unspecified atom stereocenters. The Bertz CT molecular complexity index is 154. The van der Waals surface area contributed by atoms with E-state index in [-0.39, 0.29) is 0 Å². The molecule has 0 spiro atoms. The lowest BCUT2D eigenvalue weighted by Gasteiger charge is -2.16. The van der Waals surface area contributed by atoms with E-state index in [1.165, 1.54) is 44.9 Å². The summed E-state index contributed by atoms with van der Waals surface area (Å²) in [4.78, 5) is 4.63. The molecule has 1 aliphatic heterocycles. The molecule has 2 rings (SSSR count). The minimum atomic E-state index is 0.898. The molecule has 0 aromatic heterocycles. The SMILES string of the molecule is C1CCC(C2CCCC2)=NC1. The molecule has 1 saturated carbocycles. The van der Waals surface area contributed by atoms with Crippen LogP contribution in [-0.2, 0) is 0 Å². The van der Waals surface area contributed by atoms with Crippen LogP contribution >= 0.6 is 0 Å². The molecule has 0 atom stereocenters. The Labute approximate surface area is 68.9 Å². The highest BCUT2D eigenvalue weighted by Crippen LogP contribution is 2.28. The molecule has 0 N–H and O–H groups in total. The first-order chi connectivity index (χ1) is 5.47. The minimum absolute atomic E-state index is 0.898. The zero-order chi connectivity index (χ0) is 7.52. The van der Waals surface area contributed by atoms with Gasteiger partial charge in [-0.15, -0.1) is 0 Å². The van der Waals surface area contributed by atoms with Crippen molar-refractivity contribution in [2.75, 3.05) is 6.54 Å². The van der Waals surface area contributed by atoms with Crippen molar-refractivity contribution in [1.29, 1.82) is 0 Å². The van der Waals surface area contributed by atoms with Gasteiger partial charge in [-0.1, -0.05) is 12.8 Å². The van der Waals surface area contributed by atoms with Gasteiger partial charge in [0.1, 0.15) is 0 Å². The summed E-state index contributed by atoms with van der Waals surface area (Å²) < 4.78 is 0. The van der Waals surface area contributed by atoms with E-state index in [1.807, 2.05) is 0 Å². The molecule has 0 radical (unpaired) electrons. The molecule has 11 heavy (non-hydrogen) atoms. The lowest BCUT2D eigenvalue weighted by molar-refractivity contribution is 0.650. The Morgan fingerprint density at radius 1 is 1.00 bits per heavy atom. The number of nitrogens with zero attached hydrogens (tertiary/aromatic N) is 1. The van der Waals surface area contributed by atoms with Crippen LogP contribution in [0, 0.1) is 5.92 Å². The lowest BCUT2D eigenvalue weighted by Crippen LogP contribution is -2.14. The van der Waals surface area contributed by atoms with E-state index in [1.54, 1.807) is 5.71 Å². The maximum Gasteiger partial charge on any atom is 0.0388 e. The van der Waals surface area contributed by atoms with Crippen molar-refractivity contribution in [3.63, 3.8) is 0 Å². The Morgan fingerprint density at radius 2 is 1.82 bits per heavy atom. The molecule has 0 aromatic rings. The fourth-order valence-corrected chi connectivity index (χ4v) is 2.31. The first-order valence-electron chi connectivity index (χ1n) is 5.00. The van der Waals surface area contributed by atoms with Crippen LogP contribution in [0.4, 0.5) is 0 Å². The third kappa shape index (κ3) is 1.63. The van der Waals surface area contributed by atoms with Crippen LogP contribution in [-0.4, -0.2) is 12.3 Å². The fraction of sp³-hybridized carbons (Fsp3) is 0.900. The van der Waals surface area contributed by atoms with Gasteiger partial charge in [-0.2, -0.15) is 0 Å². The smallest absolute Gasteiger partial charge is 0.0388 e. The maximum absolute atomic E-state index is 4.63. The second-order valence-electron chi connectivity index (χ2n) is 3.81. The Kier molecular flexibility index (Phi) is 2.25. The van der Waals surface area contributed by atoms with Crippen molar-refractivity contribution in [3.8, 4) is 0 Å². The normalized spacial score (nSPS) is 27.1. The quantitative estimate of drug-likeness (QED) is 0.546. The third-order valence-electron chi connectivity index (χ3n) is 2.98. The molecule has 0 bridgehead atoms. The summed E-state index contributed by atoms with van der Waals surface area (Å²) in [6.45, 7) is 1.12. The van der Waals surface area contributed by atoms with Crippen molar-refractivity contribution in [2.45, 2.75) is 44.9 Å². The predicted molar refractivity (Wildman–Crippen MR) is 48.1 cm³/mol. The molecular formula is C10H17N. The minimum Gasteiger partial charge on any atom is -0.294 e.